The van der Waals surface area contributed by atoms with Crippen LogP contribution >= 0.6 is 35.6 Å². The Bertz CT molecular complexity index is 946. The van der Waals surface area contributed by atoms with Crippen molar-refractivity contribution in [3.8, 4) is 11.3 Å². The Labute approximate surface area is 157 Å². The largest absolute Gasteiger partial charge is 0.481 e. The third kappa shape index (κ3) is 4.07. The maximum absolute atomic E-state index is 12.3. The van der Waals surface area contributed by atoms with E-state index in [9.17, 15) is 9.59 Å². The maximum Gasteiger partial charge on any atom is 0.433 e. The number of hydrogen-bond donors (Lipinski definition) is 1. The fourth-order valence-electron chi connectivity index (χ4n) is 2.16. The van der Waals surface area contributed by atoms with Crippen LogP contribution in [0.3, 0.4) is 0 Å². The van der Waals surface area contributed by atoms with Crippen molar-refractivity contribution in [2.45, 2.75) is 6.42 Å². The molecule has 0 unspecified atom stereocenters. The molecule has 1 amide bonds. The number of carboxylic acid groups (broad SMARTS) is 1. The van der Waals surface area contributed by atoms with Gasteiger partial charge in [-0.25, -0.2) is 4.79 Å². The van der Waals surface area contributed by atoms with Gasteiger partial charge in [-0.15, -0.1) is 4.58 Å². The van der Waals surface area contributed by atoms with Crippen molar-refractivity contribution in [1.29, 1.82) is 0 Å². The lowest BCUT2D eigenvalue weighted by atomic mass is 10.2. The molecular weight excluding hydrogens is 382 g/mol. The molecule has 2 heterocycles. The first-order chi connectivity index (χ1) is 11.9. The summed E-state index contributed by atoms with van der Waals surface area (Å²) in [4.78, 5) is 23.3. The van der Waals surface area contributed by atoms with Crippen LogP contribution in [0, 0.1) is 0 Å². The summed E-state index contributed by atoms with van der Waals surface area (Å²) in [5.74, 6) is -0.275. The van der Waals surface area contributed by atoms with Crippen molar-refractivity contribution in [1.82, 2.24) is 0 Å². The van der Waals surface area contributed by atoms with E-state index in [0.29, 0.717) is 25.8 Å². The van der Waals surface area contributed by atoms with Gasteiger partial charge in [-0.1, -0.05) is 23.7 Å². The first kappa shape index (κ1) is 17.6. The number of thiocarbonyl (C=S) groups is 1. The molecule has 1 aromatic heterocycles. The Morgan fingerprint density at radius 2 is 2.16 bits per heavy atom. The standard InChI is InChI=1S/C17H10ClNO4S2/c18-11-3-1-2-10(8-11)13-5-4-12(23-13)9-14-16(22)19(17(24)25-14)7-6-15(20)21/h1-5,7-9H,6H2/p+1/b14-9-,19-7+. The Morgan fingerprint density at radius 1 is 1.36 bits per heavy atom. The number of rotatable bonds is 4. The summed E-state index contributed by atoms with van der Waals surface area (Å²) >= 11 is 12.2. The van der Waals surface area contributed by atoms with Gasteiger partial charge in [0.2, 0.25) is 0 Å². The van der Waals surface area contributed by atoms with Crippen LogP contribution in [0.2, 0.25) is 5.02 Å². The highest BCUT2D eigenvalue weighted by Gasteiger charge is 2.38. The lowest BCUT2D eigenvalue weighted by Gasteiger charge is -1.96. The molecule has 0 atom stereocenters. The Kier molecular flexibility index (Phi) is 5.17. The molecule has 0 aliphatic carbocycles. The van der Waals surface area contributed by atoms with E-state index in [1.54, 1.807) is 30.3 Å². The molecule has 8 heteroatoms. The summed E-state index contributed by atoms with van der Waals surface area (Å²) in [6.45, 7) is 0. The molecule has 5 nitrogen and oxygen atoms in total. The average molecular weight is 393 g/mol. The van der Waals surface area contributed by atoms with Gasteiger partial charge in [0, 0.05) is 40.6 Å². The van der Waals surface area contributed by atoms with Gasteiger partial charge >= 0.3 is 16.2 Å². The third-order valence-corrected chi connectivity index (χ3v) is 4.85. The minimum Gasteiger partial charge on any atom is -0.481 e. The molecule has 1 aromatic carbocycles. The summed E-state index contributed by atoms with van der Waals surface area (Å²) < 4.78 is 7.20. The molecule has 2 aromatic rings. The summed E-state index contributed by atoms with van der Waals surface area (Å²) in [6.07, 6.45) is 2.57. The molecule has 25 heavy (non-hydrogen) atoms. The number of carbonyl (C=O) groups excluding carboxylic acids is 1. The zero-order chi connectivity index (χ0) is 18.0. The molecule has 3 rings (SSSR count). The lowest BCUT2D eigenvalue weighted by Crippen LogP contribution is -2.19. The second-order valence-electron chi connectivity index (χ2n) is 5.04. The van der Waals surface area contributed by atoms with Crippen LogP contribution < -0.4 is 0 Å². The van der Waals surface area contributed by atoms with Crippen molar-refractivity contribution >= 4 is 64.1 Å². The monoisotopic (exact) mass is 392 g/mol. The molecule has 126 valence electrons. The normalized spacial score (nSPS) is 17.6. The molecule has 1 saturated heterocycles. The van der Waals surface area contributed by atoms with Crippen molar-refractivity contribution in [2.24, 2.45) is 0 Å². The summed E-state index contributed by atoms with van der Waals surface area (Å²) in [6, 6.07) is 10.8. The van der Waals surface area contributed by atoms with Gasteiger partial charge in [0.05, 0.1) is 0 Å². The molecule has 0 bridgehead atoms. The van der Waals surface area contributed by atoms with Crippen molar-refractivity contribution < 1.29 is 23.7 Å². The molecule has 1 N–H and O–H groups in total. The van der Waals surface area contributed by atoms with Gasteiger partial charge < -0.3 is 9.52 Å². The van der Waals surface area contributed by atoms with Gasteiger partial charge in [0.1, 0.15) is 22.8 Å². The van der Waals surface area contributed by atoms with Crippen LogP contribution in [0.4, 0.5) is 0 Å². The lowest BCUT2D eigenvalue weighted by molar-refractivity contribution is -0.318. The quantitative estimate of drug-likeness (QED) is 0.480. The Balaban J connectivity index is 1.85. The van der Waals surface area contributed by atoms with E-state index in [1.807, 2.05) is 12.1 Å². The van der Waals surface area contributed by atoms with E-state index in [2.05, 4.69) is 0 Å². The smallest absolute Gasteiger partial charge is 0.433 e. The molecule has 0 saturated carbocycles. The zero-order valence-electron chi connectivity index (χ0n) is 12.6. The number of nitrogens with zero attached hydrogens (tertiary/aromatic N) is 1. The van der Waals surface area contributed by atoms with Gasteiger partial charge in [0.15, 0.2) is 6.21 Å². The van der Waals surface area contributed by atoms with Gasteiger partial charge in [-0.2, -0.15) is 0 Å². The van der Waals surface area contributed by atoms with E-state index in [4.69, 9.17) is 33.3 Å². The van der Waals surface area contributed by atoms with Gasteiger partial charge in [-0.05, 0) is 24.3 Å². The zero-order valence-corrected chi connectivity index (χ0v) is 15.0. The fraction of sp³-hybridized carbons (Fsp3) is 0.0588. The number of amides is 1. The molecule has 0 radical (unpaired) electrons. The van der Waals surface area contributed by atoms with E-state index >= 15 is 0 Å². The fourth-order valence-corrected chi connectivity index (χ4v) is 3.58. The number of carboxylic acids is 1. The van der Waals surface area contributed by atoms with Crippen LogP contribution in [0.5, 0.6) is 0 Å². The van der Waals surface area contributed by atoms with Crippen LogP contribution in [0.25, 0.3) is 17.4 Å². The van der Waals surface area contributed by atoms with E-state index in [-0.39, 0.29) is 12.3 Å². The average Bonchev–Trinajstić information content (AvgIpc) is 3.12. The maximum atomic E-state index is 12.3. The number of thioether (sulfide) groups is 1. The number of carbonyl (C=O) groups is 2. The van der Waals surface area contributed by atoms with E-state index in [0.717, 1.165) is 17.3 Å². The van der Waals surface area contributed by atoms with Crippen LogP contribution in [0.1, 0.15) is 12.2 Å². The first-order valence-corrected chi connectivity index (χ1v) is 8.72. The van der Waals surface area contributed by atoms with E-state index in [1.165, 1.54) is 10.8 Å². The van der Waals surface area contributed by atoms with Crippen molar-refractivity contribution in [3.05, 3.63) is 52.1 Å². The predicted octanol–water partition coefficient (Wildman–Crippen LogP) is 4.06. The first-order valence-electron chi connectivity index (χ1n) is 7.12. The third-order valence-electron chi connectivity index (χ3n) is 3.28. The van der Waals surface area contributed by atoms with Crippen molar-refractivity contribution in [3.63, 3.8) is 0 Å². The SMILES string of the molecule is O=C(O)C/C=[N+]1\C(=O)/C(=C/c2ccc(-c3cccc(Cl)c3)o2)SC1=S. The van der Waals surface area contributed by atoms with Crippen LogP contribution in [-0.2, 0) is 9.59 Å². The predicted molar refractivity (Wildman–Crippen MR) is 101 cm³/mol. The second kappa shape index (κ2) is 7.35. The summed E-state index contributed by atoms with van der Waals surface area (Å²) in [7, 11) is 0. The molecular formula is C17H11ClNO4S2+. The summed E-state index contributed by atoms with van der Waals surface area (Å²) in [5.41, 5.74) is 0.828. The molecule has 1 aliphatic heterocycles. The minimum absolute atomic E-state index is 0.278. The second-order valence-corrected chi connectivity index (χ2v) is 7.16. The van der Waals surface area contributed by atoms with Gasteiger partial charge in [-0.3, -0.25) is 4.79 Å². The topological polar surface area (TPSA) is 70.5 Å². The highest BCUT2D eigenvalue weighted by molar-refractivity contribution is 8.26. The number of halogens is 1. The highest BCUT2D eigenvalue weighted by atomic mass is 35.5. The summed E-state index contributed by atoms with van der Waals surface area (Å²) in [5, 5.41) is 9.32. The van der Waals surface area contributed by atoms with Gasteiger partial charge in [0.25, 0.3) is 0 Å². The van der Waals surface area contributed by atoms with Crippen LogP contribution in [0.15, 0.2) is 45.7 Å². The van der Waals surface area contributed by atoms with E-state index < -0.39 is 5.97 Å². The Hall–Kier alpha value is -2.22. The molecule has 1 fully saturated rings. The molecule has 1 aliphatic rings. The molecule has 0 spiro atoms. The number of furan rings is 1. The van der Waals surface area contributed by atoms with Crippen LogP contribution in [-0.4, -0.2) is 32.1 Å². The van der Waals surface area contributed by atoms with Crippen molar-refractivity contribution in [2.75, 3.05) is 0 Å². The number of aliphatic carboxylic acids is 1. The number of benzene rings is 1. The highest BCUT2D eigenvalue weighted by Crippen LogP contribution is 2.31. The minimum atomic E-state index is -1.03. The Morgan fingerprint density at radius 3 is 2.88 bits per heavy atom. The number of hydrogen-bond acceptors (Lipinski definition) is 5.